The molecule has 0 radical (unpaired) electrons. The Hall–Kier alpha value is -1.32. The fraction of sp³-hybridized carbons (Fsp3) is 0.533. The van der Waals surface area contributed by atoms with Crippen LogP contribution in [0.3, 0.4) is 0 Å². The number of rotatable bonds is 6. The molecule has 1 unspecified atom stereocenters. The summed E-state index contributed by atoms with van der Waals surface area (Å²) in [5.41, 5.74) is -1.53. The number of hydrogen-bond donors (Lipinski definition) is 0. The highest BCUT2D eigenvalue weighted by Gasteiger charge is 2.46. The van der Waals surface area contributed by atoms with Gasteiger partial charge < -0.3 is 0 Å². The number of nitriles is 1. The molecule has 0 aliphatic heterocycles. The lowest BCUT2D eigenvalue weighted by atomic mass is 9.80. The van der Waals surface area contributed by atoms with Crippen LogP contribution in [0.1, 0.15) is 37.8 Å². The molecule has 0 aromatic heterocycles. The van der Waals surface area contributed by atoms with Crippen molar-refractivity contribution in [1.29, 1.82) is 5.26 Å². The van der Waals surface area contributed by atoms with E-state index in [2.05, 4.69) is 0 Å². The lowest BCUT2D eigenvalue weighted by Gasteiger charge is -2.35. The van der Waals surface area contributed by atoms with Crippen molar-refractivity contribution in [2.45, 2.75) is 38.7 Å². The van der Waals surface area contributed by atoms with Crippen LogP contribution in [-0.4, -0.2) is 13.2 Å². The molecular formula is C15H18F2NO4P. The van der Waals surface area contributed by atoms with Gasteiger partial charge in [-0.3, -0.25) is 13.6 Å². The van der Waals surface area contributed by atoms with Crippen molar-refractivity contribution >= 4 is 7.82 Å². The van der Waals surface area contributed by atoms with Gasteiger partial charge in [-0.1, -0.05) is 0 Å². The van der Waals surface area contributed by atoms with Crippen LogP contribution in [0.5, 0.6) is 0 Å². The minimum absolute atomic E-state index is 0.0448. The number of hydrogen-bond acceptors (Lipinski definition) is 5. The summed E-state index contributed by atoms with van der Waals surface area (Å²) in [5.74, 6) is -1.57. The van der Waals surface area contributed by atoms with Crippen LogP contribution < -0.4 is 0 Å². The summed E-state index contributed by atoms with van der Waals surface area (Å²) < 4.78 is 55.8. The quantitative estimate of drug-likeness (QED) is 0.722. The third kappa shape index (κ3) is 3.61. The molecule has 0 N–H and O–H groups in total. The van der Waals surface area contributed by atoms with Gasteiger partial charge in [0.1, 0.15) is 17.7 Å². The lowest BCUT2D eigenvalue weighted by molar-refractivity contribution is 0.0334. The van der Waals surface area contributed by atoms with Gasteiger partial charge in [-0.25, -0.2) is 13.3 Å². The third-order valence-corrected chi connectivity index (χ3v) is 5.26. The fourth-order valence-electron chi connectivity index (χ4n) is 2.70. The standard InChI is InChI=1S/C15H18F2NO4P/c1-3-20-23(19,21-4-2)22-15(10-18)7-5-6-12-13(15)8-11(16)9-14(12)17/h8-9H,3-7H2,1-2H3. The van der Waals surface area contributed by atoms with Crippen LogP contribution in [0, 0.1) is 23.0 Å². The summed E-state index contributed by atoms with van der Waals surface area (Å²) in [7, 11) is -4.02. The van der Waals surface area contributed by atoms with Crippen LogP contribution >= 0.6 is 7.82 Å². The van der Waals surface area contributed by atoms with E-state index >= 15 is 0 Å². The molecule has 0 fully saturated rings. The summed E-state index contributed by atoms with van der Waals surface area (Å²) >= 11 is 0. The molecule has 0 amide bonds. The maximum absolute atomic E-state index is 14.0. The molecule has 0 bridgehead atoms. The molecule has 0 heterocycles. The van der Waals surface area contributed by atoms with Crippen LogP contribution in [0.25, 0.3) is 0 Å². The van der Waals surface area contributed by atoms with E-state index in [9.17, 15) is 18.6 Å². The van der Waals surface area contributed by atoms with E-state index in [0.29, 0.717) is 12.8 Å². The largest absolute Gasteiger partial charge is 0.476 e. The van der Waals surface area contributed by atoms with Crippen molar-refractivity contribution < 1.29 is 26.9 Å². The summed E-state index contributed by atoms with van der Waals surface area (Å²) in [5, 5.41) is 9.62. The molecule has 8 heteroatoms. The number of fused-ring (bicyclic) bond motifs is 1. The van der Waals surface area contributed by atoms with E-state index in [-0.39, 0.29) is 30.8 Å². The Morgan fingerprint density at radius 1 is 1.30 bits per heavy atom. The smallest absolute Gasteiger partial charge is 0.287 e. The normalized spacial score (nSPS) is 20.8. The van der Waals surface area contributed by atoms with Gasteiger partial charge >= 0.3 is 7.82 Å². The lowest BCUT2D eigenvalue weighted by Crippen LogP contribution is -2.33. The van der Waals surface area contributed by atoms with Crippen LogP contribution in [0.4, 0.5) is 8.78 Å². The van der Waals surface area contributed by atoms with Crippen LogP contribution in [0.15, 0.2) is 12.1 Å². The summed E-state index contributed by atoms with van der Waals surface area (Å²) in [4.78, 5) is 0. The van der Waals surface area contributed by atoms with Crippen molar-refractivity contribution in [2.75, 3.05) is 13.2 Å². The average Bonchev–Trinajstić information content (AvgIpc) is 2.48. The Balaban J connectivity index is 2.52. The molecule has 2 rings (SSSR count). The molecule has 0 spiro atoms. The molecule has 126 valence electrons. The van der Waals surface area contributed by atoms with E-state index in [0.717, 1.165) is 12.1 Å². The number of phosphoric ester groups is 1. The van der Waals surface area contributed by atoms with Gasteiger partial charge in [-0.15, -0.1) is 0 Å². The first kappa shape index (κ1) is 18.0. The van der Waals surface area contributed by atoms with E-state index in [1.165, 1.54) is 0 Å². The molecule has 23 heavy (non-hydrogen) atoms. The molecular weight excluding hydrogens is 327 g/mol. The molecule has 1 aliphatic rings. The van der Waals surface area contributed by atoms with E-state index < -0.39 is 25.1 Å². The predicted octanol–water partition coefficient (Wildman–Crippen LogP) is 4.22. The zero-order valence-electron chi connectivity index (χ0n) is 13.0. The Morgan fingerprint density at radius 3 is 2.52 bits per heavy atom. The van der Waals surface area contributed by atoms with E-state index in [1.54, 1.807) is 13.8 Å². The zero-order chi connectivity index (χ0) is 17.1. The Morgan fingerprint density at radius 2 is 1.96 bits per heavy atom. The summed E-state index contributed by atoms with van der Waals surface area (Å²) in [6.07, 6.45) is 0.923. The topological polar surface area (TPSA) is 68.6 Å². The molecule has 1 aromatic carbocycles. The van der Waals surface area contributed by atoms with Crippen LogP contribution in [0.2, 0.25) is 0 Å². The van der Waals surface area contributed by atoms with E-state index in [4.69, 9.17) is 13.6 Å². The summed E-state index contributed by atoms with van der Waals surface area (Å²) in [6.45, 7) is 3.29. The zero-order valence-corrected chi connectivity index (χ0v) is 13.9. The highest BCUT2D eigenvalue weighted by atomic mass is 31.2. The highest BCUT2D eigenvalue weighted by Crippen LogP contribution is 2.57. The van der Waals surface area contributed by atoms with Crippen molar-refractivity contribution in [3.63, 3.8) is 0 Å². The number of halogens is 2. The van der Waals surface area contributed by atoms with Gasteiger partial charge in [0, 0.05) is 11.6 Å². The second-order valence-corrected chi connectivity index (χ2v) is 6.67. The van der Waals surface area contributed by atoms with Gasteiger partial charge in [0.25, 0.3) is 0 Å². The minimum Gasteiger partial charge on any atom is -0.287 e. The number of nitrogens with zero attached hydrogens (tertiary/aromatic N) is 1. The Bertz CT molecular complexity index is 666. The second-order valence-electron chi connectivity index (χ2n) is 5.08. The van der Waals surface area contributed by atoms with Crippen molar-refractivity contribution in [2.24, 2.45) is 0 Å². The maximum Gasteiger partial charge on any atom is 0.476 e. The average molecular weight is 345 g/mol. The third-order valence-electron chi connectivity index (χ3n) is 3.57. The van der Waals surface area contributed by atoms with Crippen LogP contribution in [-0.2, 0) is 30.2 Å². The molecule has 0 saturated heterocycles. The van der Waals surface area contributed by atoms with Gasteiger partial charge in [0.05, 0.1) is 13.2 Å². The van der Waals surface area contributed by atoms with Gasteiger partial charge in [0.15, 0.2) is 5.60 Å². The van der Waals surface area contributed by atoms with Gasteiger partial charge in [-0.05, 0) is 44.7 Å². The van der Waals surface area contributed by atoms with Gasteiger partial charge in [0.2, 0.25) is 0 Å². The van der Waals surface area contributed by atoms with Crippen molar-refractivity contribution in [3.05, 3.63) is 34.9 Å². The first-order valence-electron chi connectivity index (χ1n) is 7.39. The van der Waals surface area contributed by atoms with Crippen molar-refractivity contribution in [3.8, 4) is 6.07 Å². The molecule has 1 atom stereocenters. The molecule has 1 aliphatic carbocycles. The van der Waals surface area contributed by atoms with E-state index in [1.807, 2.05) is 6.07 Å². The first-order valence-corrected chi connectivity index (χ1v) is 8.85. The number of benzene rings is 1. The second kappa shape index (κ2) is 7.06. The summed E-state index contributed by atoms with van der Waals surface area (Å²) in [6, 6.07) is 3.72. The fourth-order valence-corrected chi connectivity index (χ4v) is 4.12. The highest BCUT2D eigenvalue weighted by molar-refractivity contribution is 7.48. The minimum atomic E-state index is -4.02. The molecule has 1 aromatic rings. The number of phosphoric acid groups is 1. The monoisotopic (exact) mass is 345 g/mol. The Kier molecular flexibility index (Phi) is 5.53. The van der Waals surface area contributed by atoms with Gasteiger partial charge in [-0.2, -0.15) is 5.26 Å². The first-order chi connectivity index (χ1) is 10.9. The molecule has 0 saturated carbocycles. The Labute approximate surface area is 133 Å². The van der Waals surface area contributed by atoms with Crippen molar-refractivity contribution in [1.82, 2.24) is 0 Å². The maximum atomic E-state index is 14.0. The molecule has 5 nitrogen and oxygen atoms in total. The SMILES string of the molecule is CCOP(=O)(OCC)OC1(C#N)CCCc2c(F)cc(F)cc21. The predicted molar refractivity (Wildman–Crippen MR) is 78.5 cm³/mol.